The molecule has 142 valence electrons. The minimum Gasteiger partial charge on any atom is -0.376 e. The third-order valence-electron chi connectivity index (χ3n) is 4.90. The number of hydrogen-bond donors (Lipinski definition) is 1. The molecule has 0 bridgehead atoms. The van der Waals surface area contributed by atoms with Crippen LogP contribution in [0.4, 0.5) is 5.95 Å². The molecule has 2 aromatic heterocycles. The number of aromatic nitrogens is 3. The number of amides is 1. The van der Waals surface area contributed by atoms with Gasteiger partial charge in [-0.05, 0) is 64.5 Å². The third kappa shape index (κ3) is 4.54. The van der Waals surface area contributed by atoms with Crippen LogP contribution >= 0.6 is 11.6 Å². The zero-order valence-corrected chi connectivity index (χ0v) is 16.5. The maximum absolute atomic E-state index is 11.2. The van der Waals surface area contributed by atoms with E-state index in [1.165, 1.54) is 32.6 Å². The molecule has 2 aromatic rings. The van der Waals surface area contributed by atoms with E-state index in [4.69, 9.17) is 16.3 Å². The Labute approximate surface area is 159 Å². The van der Waals surface area contributed by atoms with E-state index < -0.39 is 0 Å². The smallest absolute Gasteiger partial charge is 0.223 e. The summed E-state index contributed by atoms with van der Waals surface area (Å²) in [6.45, 7) is 6.76. The lowest BCUT2D eigenvalue weighted by molar-refractivity contribution is -0.114. The van der Waals surface area contributed by atoms with Crippen molar-refractivity contribution < 1.29 is 9.53 Å². The fourth-order valence-electron chi connectivity index (χ4n) is 3.26. The molecule has 3 heterocycles. The topological polar surface area (TPSA) is 69.0 Å². The Hall–Kier alpha value is -1.66. The Bertz CT molecular complexity index is 775. The van der Waals surface area contributed by atoms with Crippen LogP contribution in [0, 0.1) is 0 Å². The van der Waals surface area contributed by atoms with Crippen molar-refractivity contribution in [3.63, 3.8) is 0 Å². The largest absolute Gasteiger partial charge is 0.376 e. The number of hydrogen-bond acceptors (Lipinski definition) is 4. The minimum atomic E-state index is -0.128. The molecule has 0 aromatic carbocycles. The Morgan fingerprint density at radius 1 is 1.27 bits per heavy atom. The molecular formula is C19H27ClN4O2. The minimum absolute atomic E-state index is 0.128. The normalized spacial score (nSPS) is 19.4. The van der Waals surface area contributed by atoms with Crippen molar-refractivity contribution >= 4 is 34.6 Å². The van der Waals surface area contributed by atoms with Crippen LogP contribution in [0.3, 0.4) is 0 Å². The first-order valence-corrected chi connectivity index (χ1v) is 9.69. The number of ether oxygens (including phenoxy) is 1. The van der Waals surface area contributed by atoms with Gasteiger partial charge in [-0.15, -0.1) is 0 Å². The van der Waals surface area contributed by atoms with Gasteiger partial charge < -0.3 is 4.74 Å². The van der Waals surface area contributed by atoms with E-state index in [1.54, 1.807) is 6.07 Å². The molecule has 7 heteroatoms. The van der Waals surface area contributed by atoms with Crippen molar-refractivity contribution in [2.75, 3.05) is 11.9 Å². The number of halogens is 1. The number of rotatable bonds is 2. The molecule has 1 aliphatic carbocycles. The molecule has 2 aliphatic rings. The molecule has 6 nitrogen and oxygen atoms in total. The van der Waals surface area contributed by atoms with Gasteiger partial charge >= 0.3 is 0 Å². The van der Waals surface area contributed by atoms with Gasteiger partial charge in [0.15, 0.2) is 5.65 Å². The van der Waals surface area contributed by atoms with Crippen LogP contribution in [0.2, 0.25) is 5.15 Å². The van der Waals surface area contributed by atoms with Gasteiger partial charge in [-0.1, -0.05) is 11.6 Å². The molecule has 0 atom stereocenters. The summed E-state index contributed by atoms with van der Waals surface area (Å²) in [5.74, 6) is 0.439. The number of anilines is 1. The fraction of sp³-hybridized carbons (Fsp3) is 0.632. The molecule has 1 saturated carbocycles. The van der Waals surface area contributed by atoms with E-state index in [0.29, 0.717) is 17.1 Å². The van der Waals surface area contributed by atoms with E-state index in [2.05, 4.69) is 29.1 Å². The van der Waals surface area contributed by atoms with Gasteiger partial charge in [0.05, 0.1) is 5.60 Å². The maximum atomic E-state index is 11.2. The van der Waals surface area contributed by atoms with Crippen molar-refractivity contribution in [3.8, 4) is 0 Å². The lowest BCUT2D eigenvalue weighted by atomic mass is 9.93. The highest BCUT2D eigenvalue weighted by Gasteiger charge is 2.26. The zero-order chi connectivity index (χ0) is 18.7. The summed E-state index contributed by atoms with van der Waals surface area (Å²) in [7, 11) is 0. The Morgan fingerprint density at radius 3 is 2.54 bits per heavy atom. The van der Waals surface area contributed by atoms with Crippen molar-refractivity contribution in [2.24, 2.45) is 0 Å². The van der Waals surface area contributed by atoms with Gasteiger partial charge in [-0.3, -0.25) is 14.7 Å². The van der Waals surface area contributed by atoms with Crippen LogP contribution in [0.1, 0.15) is 65.3 Å². The van der Waals surface area contributed by atoms with Crippen LogP contribution in [-0.2, 0) is 9.53 Å². The van der Waals surface area contributed by atoms with E-state index >= 15 is 0 Å². The van der Waals surface area contributed by atoms with Gasteiger partial charge in [-0.2, -0.15) is 0 Å². The van der Waals surface area contributed by atoms with Gasteiger partial charge in [0, 0.05) is 19.6 Å². The number of carbonyl (C=O) groups is 1. The van der Waals surface area contributed by atoms with Gasteiger partial charge in [0.25, 0.3) is 0 Å². The molecule has 2 fully saturated rings. The predicted octanol–water partition coefficient (Wildman–Crippen LogP) is 4.73. The highest BCUT2D eigenvalue weighted by Crippen LogP contribution is 2.36. The number of nitrogens with zero attached hydrogens (tertiary/aromatic N) is 3. The second-order valence-electron chi connectivity index (χ2n) is 7.61. The number of nitrogens with one attached hydrogen (secondary N) is 1. The van der Waals surface area contributed by atoms with Gasteiger partial charge in [-0.25, -0.2) is 9.97 Å². The first-order valence-electron chi connectivity index (χ1n) is 9.32. The lowest BCUT2D eigenvalue weighted by Gasteiger charge is -2.29. The van der Waals surface area contributed by atoms with Gasteiger partial charge in [0.2, 0.25) is 11.9 Å². The number of carbonyl (C=O) groups excluding carboxylic acids is 1. The average Bonchev–Trinajstić information content (AvgIpc) is 2.83. The van der Waals surface area contributed by atoms with Crippen molar-refractivity contribution in [3.05, 3.63) is 17.3 Å². The van der Waals surface area contributed by atoms with Crippen molar-refractivity contribution in [1.82, 2.24) is 14.5 Å². The number of pyridine rings is 1. The Morgan fingerprint density at radius 2 is 2.04 bits per heavy atom. The summed E-state index contributed by atoms with van der Waals surface area (Å²) < 4.78 is 7.46. The van der Waals surface area contributed by atoms with E-state index in [1.807, 2.05) is 10.6 Å². The van der Waals surface area contributed by atoms with Crippen LogP contribution in [-0.4, -0.2) is 32.7 Å². The molecular weight excluding hydrogens is 352 g/mol. The highest BCUT2D eigenvalue weighted by molar-refractivity contribution is 6.29. The SMILES string of the molecule is CC(=O)Nc1nc2ccc(Cl)nc2n1C1CCC1.CC1(C)CCCCO1. The van der Waals surface area contributed by atoms with Crippen molar-refractivity contribution in [1.29, 1.82) is 0 Å². The summed E-state index contributed by atoms with van der Waals surface area (Å²) in [5, 5.41) is 3.20. The summed E-state index contributed by atoms with van der Waals surface area (Å²) in [6.07, 6.45) is 7.20. The standard InChI is InChI=1S/C12H13ClN4O.C7H14O/c1-7(18)14-12-15-9-5-6-10(13)16-11(9)17(12)8-3-2-4-8;1-7(2)5-3-4-6-8-7/h5-6,8H,2-4H2,1H3,(H,14,15,18);3-6H2,1-2H3. The molecule has 4 rings (SSSR count). The molecule has 26 heavy (non-hydrogen) atoms. The molecule has 1 aliphatic heterocycles. The van der Waals surface area contributed by atoms with E-state index in [0.717, 1.165) is 30.6 Å². The second-order valence-corrected chi connectivity index (χ2v) is 8.00. The Kier molecular flexibility index (Phi) is 5.82. The molecule has 0 unspecified atom stereocenters. The fourth-order valence-corrected chi connectivity index (χ4v) is 3.40. The second kappa shape index (κ2) is 7.92. The van der Waals surface area contributed by atoms with Crippen LogP contribution in [0.25, 0.3) is 11.2 Å². The molecule has 0 spiro atoms. The summed E-state index contributed by atoms with van der Waals surface area (Å²) in [5.41, 5.74) is 1.68. The summed E-state index contributed by atoms with van der Waals surface area (Å²) in [6, 6.07) is 3.90. The predicted molar refractivity (Wildman–Crippen MR) is 104 cm³/mol. The number of imidazole rings is 1. The summed E-state index contributed by atoms with van der Waals surface area (Å²) in [4.78, 5) is 20.0. The first-order chi connectivity index (χ1) is 12.4. The summed E-state index contributed by atoms with van der Waals surface area (Å²) >= 11 is 5.93. The third-order valence-corrected chi connectivity index (χ3v) is 5.11. The highest BCUT2D eigenvalue weighted by atomic mass is 35.5. The monoisotopic (exact) mass is 378 g/mol. The van der Waals surface area contributed by atoms with E-state index in [-0.39, 0.29) is 11.5 Å². The lowest BCUT2D eigenvalue weighted by Crippen LogP contribution is -2.28. The molecule has 0 radical (unpaired) electrons. The molecule has 1 saturated heterocycles. The Balaban J connectivity index is 0.000000206. The molecule has 1 amide bonds. The quantitative estimate of drug-likeness (QED) is 0.766. The van der Waals surface area contributed by atoms with E-state index in [9.17, 15) is 4.79 Å². The maximum Gasteiger partial charge on any atom is 0.223 e. The average molecular weight is 379 g/mol. The van der Waals surface area contributed by atoms with Crippen LogP contribution in [0.15, 0.2) is 12.1 Å². The van der Waals surface area contributed by atoms with Crippen LogP contribution in [0.5, 0.6) is 0 Å². The molecule has 1 N–H and O–H groups in total. The zero-order valence-electron chi connectivity index (χ0n) is 15.7. The number of fused-ring (bicyclic) bond motifs is 1. The van der Waals surface area contributed by atoms with Crippen molar-refractivity contribution in [2.45, 2.75) is 70.9 Å². The van der Waals surface area contributed by atoms with Gasteiger partial charge in [0.1, 0.15) is 10.7 Å². The first kappa shape index (κ1) is 19.1. The van der Waals surface area contributed by atoms with Crippen LogP contribution < -0.4 is 5.32 Å².